The number of anilines is 1. The molecule has 1 aliphatic heterocycles. The lowest BCUT2D eigenvalue weighted by atomic mass is 9.98. The predicted octanol–water partition coefficient (Wildman–Crippen LogP) is -0.0906. The monoisotopic (exact) mass is 235 g/mol. The largest absolute Gasteiger partial charge is 0.383 e. The number of piperazine rings is 1. The van der Waals surface area contributed by atoms with Gasteiger partial charge < -0.3 is 16.4 Å². The van der Waals surface area contributed by atoms with Crippen LogP contribution < -0.4 is 11.5 Å². The molecule has 1 aliphatic rings. The number of rotatable bonds is 2. The van der Waals surface area contributed by atoms with Crippen LogP contribution in [-0.2, 0) is 0 Å². The summed E-state index contributed by atoms with van der Waals surface area (Å²) in [4.78, 5) is 8.71. The quantitative estimate of drug-likeness (QED) is 0.749. The Morgan fingerprint density at radius 3 is 2.88 bits per heavy atom. The van der Waals surface area contributed by atoms with Gasteiger partial charge in [0.2, 0.25) is 0 Å². The van der Waals surface area contributed by atoms with Crippen molar-refractivity contribution in [3.8, 4) is 0 Å². The van der Waals surface area contributed by atoms with E-state index in [4.69, 9.17) is 11.5 Å². The zero-order chi connectivity index (χ0) is 12.4. The fourth-order valence-corrected chi connectivity index (χ4v) is 2.35. The summed E-state index contributed by atoms with van der Waals surface area (Å²) in [6.45, 7) is 3.09. The van der Waals surface area contributed by atoms with Crippen molar-refractivity contribution in [1.29, 1.82) is 0 Å². The van der Waals surface area contributed by atoms with Crippen molar-refractivity contribution in [2.75, 3.05) is 39.5 Å². The third-order valence-corrected chi connectivity index (χ3v) is 3.54. The number of nitrogen functional groups attached to an aromatic ring is 1. The molecule has 5 heteroatoms. The first-order valence-electron chi connectivity index (χ1n) is 5.94. The second kappa shape index (κ2) is 5.00. The molecule has 1 saturated heterocycles. The van der Waals surface area contributed by atoms with Crippen molar-refractivity contribution in [3.05, 3.63) is 23.9 Å². The van der Waals surface area contributed by atoms with Crippen LogP contribution in [0.5, 0.6) is 0 Å². The molecule has 0 aromatic carbocycles. The molecule has 1 aromatic rings. The molecule has 17 heavy (non-hydrogen) atoms. The van der Waals surface area contributed by atoms with Gasteiger partial charge in [0, 0.05) is 37.4 Å². The zero-order valence-corrected chi connectivity index (χ0v) is 10.5. The minimum atomic E-state index is -0.0866. The first kappa shape index (κ1) is 12.3. The Bertz CT molecular complexity index is 381. The van der Waals surface area contributed by atoms with E-state index < -0.39 is 0 Å². The first-order valence-corrected chi connectivity index (χ1v) is 5.94. The average molecular weight is 235 g/mol. The molecule has 0 bridgehead atoms. The highest BCUT2D eigenvalue weighted by molar-refractivity contribution is 5.41. The van der Waals surface area contributed by atoms with Gasteiger partial charge in [0.25, 0.3) is 0 Å². The van der Waals surface area contributed by atoms with Crippen molar-refractivity contribution in [3.63, 3.8) is 0 Å². The second-order valence-electron chi connectivity index (χ2n) is 4.81. The average Bonchev–Trinajstić information content (AvgIpc) is 2.32. The van der Waals surface area contributed by atoms with Gasteiger partial charge >= 0.3 is 0 Å². The molecule has 2 atom stereocenters. The maximum absolute atomic E-state index is 6.33. The van der Waals surface area contributed by atoms with Gasteiger partial charge in [-0.15, -0.1) is 0 Å². The van der Waals surface area contributed by atoms with E-state index in [-0.39, 0.29) is 6.04 Å². The molecule has 2 unspecified atom stereocenters. The molecular formula is C12H21N5. The predicted molar refractivity (Wildman–Crippen MR) is 69.5 cm³/mol. The lowest BCUT2D eigenvalue weighted by molar-refractivity contribution is 0.0975. The Morgan fingerprint density at radius 1 is 1.41 bits per heavy atom. The smallest absolute Gasteiger partial charge is 0.128 e. The molecule has 0 aliphatic carbocycles. The van der Waals surface area contributed by atoms with Gasteiger partial charge in [0.15, 0.2) is 0 Å². The molecule has 0 saturated carbocycles. The van der Waals surface area contributed by atoms with Gasteiger partial charge in [-0.3, -0.25) is 4.90 Å². The molecule has 2 rings (SSSR count). The van der Waals surface area contributed by atoms with Crippen LogP contribution in [0.3, 0.4) is 0 Å². The first-order chi connectivity index (χ1) is 8.09. The third-order valence-electron chi connectivity index (χ3n) is 3.54. The zero-order valence-electron chi connectivity index (χ0n) is 10.5. The fraction of sp³-hybridized carbons (Fsp3) is 0.583. The Kier molecular flexibility index (Phi) is 3.61. The summed E-state index contributed by atoms with van der Waals surface area (Å²) in [7, 11) is 4.24. The minimum Gasteiger partial charge on any atom is -0.383 e. The van der Waals surface area contributed by atoms with E-state index in [1.807, 2.05) is 12.1 Å². The molecule has 2 heterocycles. The molecule has 0 amide bonds. The molecule has 1 aromatic heterocycles. The van der Waals surface area contributed by atoms with E-state index >= 15 is 0 Å². The van der Waals surface area contributed by atoms with Crippen LogP contribution in [0.2, 0.25) is 0 Å². The highest BCUT2D eigenvalue weighted by Gasteiger charge is 2.29. The molecular weight excluding hydrogens is 214 g/mol. The van der Waals surface area contributed by atoms with Gasteiger partial charge in [-0.2, -0.15) is 0 Å². The number of pyridine rings is 1. The van der Waals surface area contributed by atoms with Gasteiger partial charge in [0.1, 0.15) is 5.82 Å². The van der Waals surface area contributed by atoms with Crippen LogP contribution in [0.1, 0.15) is 11.6 Å². The lowest BCUT2D eigenvalue weighted by Crippen LogP contribution is -2.54. The van der Waals surface area contributed by atoms with Crippen LogP contribution in [0, 0.1) is 0 Å². The number of hydrogen-bond acceptors (Lipinski definition) is 5. The Morgan fingerprint density at radius 2 is 2.18 bits per heavy atom. The van der Waals surface area contributed by atoms with Crippen molar-refractivity contribution in [2.24, 2.45) is 5.73 Å². The lowest BCUT2D eigenvalue weighted by Gasteiger charge is -2.40. The van der Waals surface area contributed by atoms with Gasteiger partial charge in [0.05, 0.1) is 6.04 Å². The van der Waals surface area contributed by atoms with E-state index in [2.05, 4.69) is 28.9 Å². The summed E-state index contributed by atoms with van der Waals surface area (Å²) >= 11 is 0. The van der Waals surface area contributed by atoms with E-state index in [0.717, 1.165) is 25.2 Å². The highest BCUT2D eigenvalue weighted by atomic mass is 15.3. The number of hydrogen-bond donors (Lipinski definition) is 2. The Labute approximate surface area is 102 Å². The maximum atomic E-state index is 6.33. The van der Waals surface area contributed by atoms with Gasteiger partial charge in [-0.25, -0.2) is 4.98 Å². The van der Waals surface area contributed by atoms with Crippen molar-refractivity contribution in [2.45, 2.75) is 12.1 Å². The molecule has 1 fully saturated rings. The van der Waals surface area contributed by atoms with Crippen LogP contribution >= 0.6 is 0 Å². The standard InChI is InChI=1S/C12H21N5/c1-16-6-7-17(2)10(8-16)11(13)9-4-3-5-15-12(9)14/h3-5,10-11H,6-8,13H2,1-2H3,(H2,14,15). The van der Waals surface area contributed by atoms with Crippen molar-refractivity contribution >= 4 is 5.82 Å². The van der Waals surface area contributed by atoms with E-state index in [1.54, 1.807) is 6.20 Å². The summed E-state index contributed by atoms with van der Waals surface area (Å²) in [6, 6.07) is 4.06. The normalized spacial score (nSPS) is 24.8. The molecule has 0 radical (unpaired) electrons. The van der Waals surface area contributed by atoms with Crippen LogP contribution in [-0.4, -0.2) is 54.6 Å². The SMILES string of the molecule is CN1CCN(C)C(C(N)c2cccnc2N)C1. The molecule has 94 valence electrons. The highest BCUT2D eigenvalue weighted by Crippen LogP contribution is 2.23. The number of nitrogens with zero attached hydrogens (tertiary/aromatic N) is 3. The van der Waals surface area contributed by atoms with Crippen molar-refractivity contribution < 1.29 is 0 Å². The summed E-state index contributed by atoms with van der Waals surface area (Å²) < 4.78 is 0. The molecule has 5 nitrogen and oxygen atoms in total. The number of nitrogens with two attached hydrogens (primary N) is 2. The summed E-state index contributed by atoms with van der Waals surface area (Å²) in [5, 5.41) is 0. The van der Waals surface area contributed by atoms with Gasteiger partial charge in [-0.05, 0) is 20.2 Å². The fourth-order valence-electron chi connectivity index (χ4n) is 2.35. The third kappa shape index (κ3) is 2.57. The summed E-state index contributed by atoms with van der Waals surface area (Å²) in [5.74, 6) is 0.543. The van der Waals surface area contributed by atoms with Crippen LogP contribution in [0.25, 0.3) is 0 Å². The van der Waals surface area contributed by atoms with E-state index in [1.165, 1.54) is 0 Å². The van der Waals surface area contributed by atoms with E-state index in [9.17, 15) is 0 Å². The van der Waals surface area contributed by atoms with Gasteiger partial charge in [-0.1, -0.05) is 6.07 Å². The number of aromatic nitrogens is 1. The number of likely N-dealkylation sites (N-methyl/N-ethyl adjacent to an activating group) is 2. The summed E-state index contributed by atoms with van der Waals surface area (Å²) in [6.07, 6.45) is 1.70. The topological polar surface area (TPSA) is 71.4 Å². The maximum Gasteiger partial charge on any atom is 0.128 e. The Hall–Kier alpha value is -1.17. The summed E-state index contributed by atoms with van der Waals surface area (Å²) in [5.41, 5.74) is 13.2. The van der Waals surface area contributed by atoms with Crippen LogP contribution in [0.15, 0.2) is 18.3 Å². The second-order valence-corrected chi connectivity index (χ2v) is 4.81. The minimum absolute atomic E-state index is 0.0866. The molecule has 0 spiro atoms. The van der Waals surface area contributed by atoms with E-state index in [0.29, 0.717) is 11.9 Å². The van der Waals surface area contributed by atoms with Crippen molar-refractivity contribution in [1.82, 2.24) is 14.8 Å². The molecule has 4 N–H and O–H groups in total. The Balaban J connectivity index is 2.18. The van der Waals surface area contributed by atoms with Crippen LogP contribution in [0.4, 0.5) is 5.82 Å².